The lowest BCUT2D eigenvalue weighted by atomic mass is 9.59. The molecule has 18 heavy (non-hydrogen) atoms. The molecule has 0 aromatic rings. The Morgan fingerprint density at radius 3 is 2.56 bits per heavy atom. The molecule has 0 amide bonds. The van der Waals surface area contributed by atoms with Crippen LogP contribution in [0.4, 0.5) is 0 Å². The molecule has 4 atom stereocenters. The Bertz CT molecular complexity index is 391. The lowest BCUT2D eigenvalue weighted by Gasteiger charge is -2.47. The van der Waals surface area contributed by atoms with Gasteiger partial charge >= 0.3 is 0 Å². The summed E-state index contributed by atoms with van der Waals surface area (Å²) in [5.74, 6) is 0.134. The van der Waals surface area contributed by atoms with E-state index in [9.17, 15) is 15.0 Å². The molecule has 2 bridgehead atoms. The number of carbonyl (C=O) groups is 1. The zero-order chi connectivity index (χ0) is 13.7. The van der Waals surface area contributed by atoms with Crippen LogP contribution in [0, 0.1) is 23.2 Å². The summed E-state index contributed by atoms with van der Waals surface area (Å²) in [6.07, 6.45) is 2.79. The molecule has 0 aromatic carbocycles. The molecule has 0 heterocycles. The molecule has 102 valence electrons. The quantitative estimate of drug-likeness (QED) is 0.755. The molecule has 1 fully saturated rings. The van der Waals surface area contributed by atoms with Crippen LogP contribution in [-0.4, -0.2) is 28.7 Å². The van der Waals surface area contributed by atoms with Crippen molar-refractivity contribution in [1.82, 2.24) is 0 Å². The van der Waals surface area contributed by atoms with E-state index in [1.807, 2.05) is 20.8 Å². The summed E-state index contributed by atoms with van der Waals surface area (Å²) >= 11 is 0. The van der Waals surface area contributed by atoms with Gasteiger partial charge in [0.1, 0.15) is 6.29 Å². The first-order valence-corrected chi connectivity index (χ1v) is 6.77. The van der Waals surface area contributed by atoms with Gasteiger partial charge in [0.2, 0.25) is 0 Å². The van der Waals surface area contributed by atoms with Gasteiger partial charge in [-0.1, -0.05) is 12.5 Å². The molecule has 0 aromatic heterocycles. The van der Waals surface area contributed by atoms with Crippen LogP contribution in [0.2, 0.25) is 0 Å². The maximum atomic E-state index is 11.4. The van der Waals surface area contributed by atoms with Crippen LogP contribution in [0.1, 0.15) is 40.5 Å². The number of hydrogen-bond acceptors (Lipinski definition) is 3. The third-order valence-corrected chi connectivity index (χ3v) is 5.54. The molecule has 2 aliphatic rings. The zero-order valence-corrected chi connectivity index (χ0v) is 11.7. The maximum Gasteiger partial charge on any atom is 0.146 e. The second kappa shape index (κ2) is 4.17. The van der Waals surface area contributed by atoms with Crippen molar-refractivity contribution in [3.05, 3.63) is 11.1 Å². The van der Waals surface area contributed by atoms with Gasteiger partial charge < -0.3 is 10.2 Å². The van der Waals surface area contributed by atoms with Crippen LogP contribution in [0.25, 0.3) is 0 Å². The summed E-state index contributed by atoms with van der Waals surface area (Å²) in [6.45, 7) is 7.87. The predicted molar refractivity (Wildman–Crippen MR) is 70.0 cm³/mol. The lowest BCUT2D eigenvalue weighted by molar-refractivity contribution is -0.107. The smallest absolute Gasteiger partial charge is 0.146 e. The molecular formula is C15H24O3. The molecular weight excluding hydrogens is 228 g/mol. The minimum Gasteiger partial charge on any atom is -0.396 e. The largest absolute Gasteiger partial charge is 0.396 e. The van der Waals surface area contributed by atoms with E-state index < -0.39 is 5.60 Å². The van der Waals surface area contributed by atoms with Crippen molar-refractivity contribution in [2.45, 2.75) is 46.1 Å². The van der Waals surface area contributed by atoms with Gasteiger partial charge in [-0.15, -0.1) is 0 Å². The number of aldehydes is 1. The molecule has 2 aliphatic carbocycles. The van der Waals surface area contributed by atoms with Crippen molar-refractivity contribution in [3.8, 4) is 0 Å². The van der Waals surface area contributed by atoms with Crippen molar-refractivity contribution in [2.75, 3.05) is 6.61 Å². The zero-order valence-electron chi connectivity index (χ0n) is 11.7. The molecule has 1 saturated carbocycles. The van der Waals surface area contributed by atoms with Crippen molar-refractivity contribution in [3.63, 3.8) is 0 Å². The van der Waals surface area contributed by atoms with Crippen LogP contribution >= 0.6 is 0 Å². The van der Waals surface area contributed by atoms with Crippen molar-refractivity contribution >= 4 is 6.29 Å². The van der Waals surface area contributed by atoms with Crippen LogP contribution < -0.4 is 0 Å². The van der Waals surface area contributed by atoms with Crippen LogP contribution in [0.5, 0.6) is 0 Å². The molecule has 2 N–H and O–H groups in total. The third kappa shape index (κ3) is 1.68. The average molecular weight is 252 g/mol. The fourth-order valence-electron chi connectivity index (χ4n) is 4.25. The Kier molecular flexibility index (Phi) is 3.19. The number of hydrogen-bond donors (Lipinski definition) is 2. The number of aliphatic hydroxyl groups is 2. The molecule has 0 spiro atoms. The minimum atomic E-state index is -0.807. The van der Waals surface area contributed by atoms with Gasteiger partial charge in [0.05, 0.1) is 5.60 Å². The average Bonchev–Trinajstić information content (AvgIpc) is 2.40. The fourth-order valence-corrected chi connectivity index (χ4v) is 4.25. The number of fused-ring (bicyclic) bond motifs is 2. The highest BCUT2D eigenvalue weighted by Crippen LogP contribution is 2.61. The summed E-state index contributed by atoms with van der Waals surface area (Å²) in [7, 11) is 0. The Hall–Kier alpha value is -0.670. The monoisotopic (exact) mass is 252 g/mol. The van der Waals surface area contributed by atoms with Gasteiger partial charge in [0.25, 0.3) is 0 Å². The Morgan fingerprint density at radius 2 is 2.11 bits per heavy atom. The molecule has 0 unspecified atom stereocenters. The van der Waals surface area contributed by atoms with E-state index >= 15 is 0 Å². The van der Waals surface area contributed by atoms with Crippen molar-refractivity contribution < 1.29 is 15.0 Å². The van der Waals surface area contributed by atoms with Crippen molar-refractivity contribution in [1.29, 1.82) is 0 Å². The van der Waals surface area contributed by atoms with Gasteiger partial charge in [0.15, 0.2) is 0 Å². The molecule has 3 nitrogen and oxygen atoms in total. The van der Waals surface area contributed by atoms with Gasteiger partial charge in [-0.3, -0.25) is 4.79 Å². The second-order valence-corrected chi connectivity index (χ2v) is 6.73. The lowest BCUT2D eigenvalue weighted by Crippen LogP contribution is -2.46. The fraction of sp³-hybridized carbons (Fsp3) is 0.800. The third-order valence-electron chi connectivity index (χ3n) is 5.54. The van der Waals surface area contributed by atoms with E-state index in [0.29, 0.717) is 0 Å². The van der Waals surface area contributed by atoms with E-state index in [1.54, 1.807) is 0 Å². The van der Waals surface area contributed by atoms with E-state index in [1.165, 1.54) is 0 Å². The predicted octanol–water partition coefficient (Wildman–Crippen LogP) is 1.93. The van der Waals surface area contributed by atoms with Gasteiger partial charge in [-0.2, -0.15) is 0 Å². The Morgan fingerprint density at radius 1 is 1.50 bits per heavy atom. The Balaban J connectivity index is 2.51. The van der Waals surface area contributed by atoms with E-state index in [2.05, 4.69) is 6.92 Å². The second-order valence-electron chi connectivity index (χ2n) is 6.73. The van der Waals surface area contributed by atoms with Crippen LogP contribution in [-0.2, 0) is 4.79 Å². The SMILES string of the molecule is CC1=C(C=O)[C@H]2[C@@H](C(C)(C)O)CC[C@]1(C)[C@H]2CO. The standard InChI is InChI=1S/C15H24O3/c1-9-10(7-16)13-11(14(2,3)18)5-6-15(9,4)12(13)8-17/h7,11-13,17-18H,5-6,8H2,1-4H3/t11-,12-,13-,15-/m0/s1. The van der Waals surface area contributed by atoms with Gasteiger partial charge in [-0.05, 0) is 62.4 Å². The highest BCUT2D eigenvalue weighted by atomic mass is 16.3. The van der Waals surface area contributed by atoms with E-state index in [0.717, 1.165) is 30.3 Å². The summed E-state index contributed by atoms with van der Waals surface area (Å²) in [5.41, 5.74) is 1.06. The summed E-state index contributed by atoms with van der Waals surface area (Å²) in [6, 6.07) is 0. The Labute approximate surface area is 109 Å². The maximum absolute atomic E-state index is 11.4. The highest BCUT2D eigenvalue weighted by molar-refractivity contribution is 5.77. The topological polar surface area (TPSA) is 57.5 Å². The van der Waals surface area contributed by atoms with E-state index in [-0.39, 0.29) is 29.8 Å². The number of carbonyl (C=O) groups excluding carboxylic acids is 1. The molecule has 2 rings (SSSR count). The number of allylic oxidation sites excluding steroid dienone is 2. The highest BCUT2D eigenvalue weighted by Gasteiger charge is 2.56. The summed E-state index contributed by atoms with van der Waals surface area (Å²) < 4.78 is 0. The van der Waals surface area contributed by atoms with Crippen LogP contribution in [0.3, 0.4) is 0 Å². The summed E-state index contributed by atoms with van der Waals surface area (Å²) in [5, 5.41) is 20.1. The number of aliphatic hydroxyl groups excluding tert-OH is 1. The first-order chi connectivity index (χ1) is 8.27. The molecule has 3 heteroatoms. The summed E-state index contributed by atoms with van der Waals surface area (Å²) in [4.78, 5) is 11.4. The molecule has 0 aliphatic heterocycles. The van der Waals surface area contributed by atoms with Gasteiger partial charge in [0, 0.05) is 6.61 Å². The van der Waals surface area contributed by atoms with E-state index in [4.69, 9.17) is 0 Å². The van der Waals surface area contributed by atoms with Gasteiger partial charge in [-0.25, -0.2) is 0 Å². The molecule has 0 radical (unpaired) electrons. The number of rotatable bonds is 3. The molecule has 0 saturated heterocycles. The minimum absolute atomic E-state index is 0.00579. The first kappa shape index (κ1) is 13.8. The normalized spacial score (nSPS) is 40.2. The first-order valence-electron chi connectivity index (χ1n) is 6.77. The van der Waals surface area contributed by atoms with Crippen molar-refractivity contribution in [2.24, 2.45) is 23.2 Å². The van der Waals surface area contributed by atoms with Crippen LogP contribution in [0.15, 0.2) is 11.1 Å².